The number of carbonyl (C=O) groups excluding carboxylic acids is 1. The first-order valence-corrected chi connectivity index (χ1v) is 7.36. The van der Waals surface area contributed by atoms with E-state index in [2.05, 4.69) is 10.3 Å². The van der Waals surface area contributed by atoms with Crippen LogP contribution in [0.15, 0.2) is 12.4 Å². The molecule has 7 heteroatoms. The standard InChI is InChI=1S/C14H22N4O3/c1-17(12(19)5-9-18-10-8-15-16-18)14(11-13(20)21)6-3-2-4-7-14/h8,10H,2-7,9,11H2,1H3,(H,20,21). The summed E-state index contributed by atoms with van der Waals surface area (Å²) in [6, 6.07) is 0. The number of hydrogen-bond acceptors (Lipinski definition) is 4. The number of amides is 1. The van der Waals surface area contributed by atoms with E-state index in [1.54, 1.807) is 29.0 Å². The third-order valence-electron chi connectivity index (χ3n) is 4.38. The molecule has 1 saturated carbocycles. The van der Waals surface area contributed by atoms with E-state index in [-0.39, 0.29) is 12.3 Å². The van der Waals surface area contributed by atoms with Gasteiger partial charge in [-0.25, -0.2) is 0 Å². The van der Waals surface area contributed by atoms with Gasteiger partial charge in [-0.15, -0.1) is 5.10 Å². The Morgan fingerprint density at radius 3 is 2.62 bits per heavy atom. The topological polar surface area (TPSA) is 88.3 Å². The van der Waals surface area contributed by atoms with Crippen molar-refractivity contribution in [1.82, 2.24) is 19.9 Å². The van der Waals surface area contributed by atoms with Crippen molar-refractivity contribution < 1.29 is 14.7 Å². The summed E-state index contributed by atoms with van der Waals surface area (Å²) in [5.41, 5.74) is -0.524. The molecule has 1 N–H and O–H groups in total. The lowest BCUT2D eigenvalue weighted by atomic mass is 9.78. The molecule has 0 spiro atoms. The number of carboxylic acid groups (broad SMARTS) is 1. The molecular weight excluding hydrogens is 272 g/mol. The number of nitrogens with zero attached hydrogens (tertiary/aromatic N) is 4. The normalized spacial score (nSPS) is 17.4. The van der Waals surface area contributed by atoms with Gasteiger partial charge in [0.15, 0.2) is 0 Å². The van der Waals surface area contributed by atoms with Crippen LogP contribution in [0.5, 0.6) is 0 Å². The van der Waals surface area contributed by atoms with Gasteiger partial charge < -0.3 is 10.0 Å². The molecule has 1 aromatic rings. The Labute approximate surface area is 123 Å². The minimum absolute atomic E-state index is 0.0264. The number of aromatic nitrogens is 3. The largest absolute Gasteiger partial charge is 0.481 e. The minimum Gasteiger partial charge on any atom is -0.481 e. The summed E-state index contributed by atoms with van der Waals surface area (Å²) < 4.78 is 1.61. The highest BCUT2D eigenvalue weighted by Crippen LogP contribution is 2.36. The molecule has 0 bridgehead atoms. The third kappa shape index (κ3) is 3.80. The first-order chi connectivity index (χ1) is 10.0. The molecule has 0 radical (unpaired) electrons. The van der Waals surface area contributed by atoms with Gasteiger partial charge in [-0.3, -0.25) is 14.3 Å². The Kier molecular flexibility index (Phi) is 4.93. The molecular formula is C14H22N4O3. The van der Waals surface area contributed by atoms with Crippen LogP contribution in [-0.2, 0) is 16.1 Å². The van der Waals surface area contributed by atoms with Gasteiger partial charge in [0.05, 0.1) is 24.7 Å². The maximum atomic E-state index is 12.4. The predicted octanol–water partition coefficient (Wildman–Crippen LogP) is 1.30. The summed E-state index contributed by atoms with van der Waals surface area (Å²) in [4.78, 5) is 25.2. The summed E-state index contributed by atoms with van der Waals surface area (Å²) >= 11 is 0. The first kappa shape index (κ1) is 15.5. The van der Waals surface area contributed by atoms with E-state index in [1.807, 2.05) is 0 Å². The van der Waals surface area contributed by atoms with Crippen LogP contribution in [0.25, 0.3) is 0 Å². The molecule has 1 aromatic heterocycles. The fourth-order valence-corrected chi connectivity index (χ4v) is 3.12. The second-order valence-electron chi connectivity index (χ2n) is 5.72. The number of aryl methyl sites for hydroxylation is 1. The Balaban J connectivity index is 2.00. The van der Waals surface area contributed by atoms with Crippen molar-refractivity contribution in [2.24, 2.45) is 0 Å². The Hall–Kier alpha value is -1.92. The molecule has 2 rings (SSSR count). The number of rotatable bonds is 6. The zero-order valence-electron chi connectivity index (χ0n) is 12.4. The zero-order chi connectivity index (χ0) is 15.3. The van der Waals surface area contributed by atoms with Crippen molar-refractivity contribution in [2.75, 3.05) is 7.05 Å². The molecule has 116 valence electrons. The van der Waals surface area contributed by atoms with Crippen LogP contribution in [0.3, 0.4) is 0 Å². The minimum atomic E-state index is -0.840. The number of carboxylic acids is 1. The summed E-state index contributed by atoms with van der Waals surface area (Å²) in [6.45, 7) is 0.465. The molecule has 0 saturated heterocycles. The molecule has 21 heavy (non-hydrogen) atoms. The summed E-state index contributed by atoms with van der Waals surface area (Å²) in [5, 5.41) is 16.7. The van der Waals surface area contributed by atoms with Crippen molar-refractivity contribution in [3.05, 3.63) is 12.4 Å². The zero-order valence-corrected chi connectivity index (χ0v) is 12.4. The van der Waals surface area contributed by atoms with Crippen LogP contribution in [0.1, 0.15) is 44.9 Å². The van der Waals surface area contributed by atoms with Gasteiger partial charge in [-0.2, -0.15) is 0 Å². The number of aliphatic carboxylic acids is 1. The third-order valence-corrected chi connectivity index (χ3v) is 4.38. The fraction of sp³-hybridized carbons (Fsp3) is 0.714. The van der Waals surface area contributed by atoms with Gasteiger partial charge >= 0.3 is 5.97 Å². The Bertz CT molecular complexity index is 480. The molecule has 7 nitrogen and oxygen atoms in total. The smallest absolute Gasteiger partial charge is 0.305 e. The number of hydrogen-bond donors (Lipinski definition) is 1. The first-order valence-electron chi connectivity index (χ1n) is 7.36. The van der Waals surface area contributed by atoms with Gasteiger partial charge in [0.1, 0.15) is 0 Å². The van der Waals surface area contributed by atoms with Gasteiger partial charge in [-0.1, -0.05) is 24.5 Å². The highest BCUT2D eigenvalue weighted by atomic mass is 16.4. The van der Waals surface area contributed by atoms with Crippen LogP contribution >= 0.6 is 0 Å². The van der Waals surface area contributed by atoms with E-state index >= 15 is 0 Å². The molecule has 1 aliphatic rings. The van der Waals surface area contributed by atoms with E-state index in [0.717, 1.165) is 32.1 Å². The summed E-state index contributed by atoms with van der Waals surface area (Å²) in [7, 11) is 1.73. The average molecular weight is 294 g/mol. The molecule has 1 heterocycles. The fourth-order valence-electron chi connectivity index (χ4n) is 3.12. The molecule has 0 aromatic carbocycles. The average Bonchev–Trinajstić information content (AvgIpc) is 2.97. The molecule has 1 amide bonds. The van der Waals surface area contributed by atoms with Crippen molar-refractivity contribution in [3.8, 4) is 0 Å². The predicted molar refractivity (Wildman–Crippen MR) is 75.5 cm³/mol. The van der Waals surface area contributed by atoms with Crippen molar-refractivity contribution in [2.45, 2.75) is 57.0 Å². The highest BCUT2D eigenvalue weighted by molar-refractivity contribution is 5.78. The van der Waals surface area contributed by atoms with E-state index in [0.29, 0.717) is 13.0 Å². The maximum absolute atomic E-state index is 12.4. The van der Waals surface area contributed by atoms with E-state index in [1.165, 1.54) is 0 Å². The quantitative estimate of drug-likeness (QED) is 0.854. The Morgan fingerprint density at radius 2 is 2.05 bits per heavy atom. The van der Waals surface area contributed by atoms with Gasteiger partial charge in [-0.05, 0) is 12.8 Å². The van der Waals surface area contributed by atoms with E-state index in [9.17, 15) is 14.7 Å². The van der Waals surface area contributed by atoms with Crippen LogP contribution in [0.2, 0.25) is 0 Å². The maximum Gasteiger partial charge on any atom is 0.305 e. The van der Waals surface area contributed by atoms with Crippen LogP contribution in [-0.4, -0.2) is 49.5 Å². The van der Waals surface area contributed by atoms with Gasteiger partial charge in [0.25, 0.3) is 0 Å². The second-order valence-corrected chi connectivity index (χ2v) is 5.72. The molecule has 0 atom stereocenters. The van der Waals surface area contributed by atoms with Crippen molar-refractivity contribution >= 4 is 11.9 Å². The molecule has 0 unspecified atom stereocenters. The van der Waals surface area contributed by atoms with Crippen LogP contribution < -0.4 is 0 Å². The SMILES string of the molecule is CN(C(=O)CCn1ccnn1)C1(CC(=O)O)CCCCC1. The molecule has 0 aliphatic heterocycles. The lowest BCUT2D eigenvalue weighted by molar-refractivity contribution is -0.146. The monoisotopic (exact) mass is 294 g/mol. The molecule has 1 aliphatic carbocycles. The summed E-state index contributed by atoms with van der Waals surface area (Å²) in [5.74, 6) is -0.874. The van der Waals surface area contributed by atoms with Crippen molar-refractivity contribution in [3.63, 3.8) is 0 Å². The lowest BCUT2D eigenvalue weighted by Crippen LogP contribution is -2.52. The second kappa shape index (κ2) is 6.69. The van der Waals surface area contributed by atoms with Gasteiger partial charge in [0, 0.05) is 19.7 Å². The Morgan fingerprint density at radius 1 is 1.33 bits per heavy atom. The van der Waals surface area contributed by atoms with E-state index in [4.69, 9.17) is 0 Å². The van der Waals surface area contributed by atoms with Crippen LogP contribution in [0.4, 0.5) is 0 Å². The van der Waals surface area contributed by atoms with Crippen LogP contribution in [0, 0.1) is 0 Å². The van der Waals surface area contributed by atoms with Crippen molar-refractivity contribution in [1.29, 1.82) is 0 Å². The number of carbonyl (C=O) groups is 2. The molecule has 1 fully saturated rings. The van der Waals surface area contributed by atoms with E-state index < -0.39 is 11.5 Å². The summed E-state index contributed by atoms with van der Waals surface area (Å²) in [6.07, 6.45) is 8.22. The lowest BCUT2D eigenvalue weighted by Gasteiger charge is -2.44. The highest BCUT2D eigenvalue weighted by Gasteiger charge is 2.40. The van der Waals surface area contributed by atoms with Gasteiger partial charge in [0.2, 0.25) is 5.91 Å².